The second-order valence-corrected chi connectivity index (χ2v) is 4.36. The first-order chi connectivity index (χ1) is 8.07. The molecule has 3 rings (SSSR count). The van der Waals surface area contributed by atoms with E-state index in [9.17, 15) is 4.79 Å². The summed E-state index contributed by atoms with van der Waals surface area (Å²) in [5.41, 5.74) is 0.239. The molecule has 2 aromatic rings. The molecule has 2 radical (unpaired) electrons. The summed E-state index contributed by atoms with van der Waals surface area (Å²) in [5, 5.41) is 0.864. The summed E-state index contributed by atoms with van der Waals surface area (Å²) in [6, 6.07) is 7.51. The van der Waals surface area contributed by atoms with Crippen LogP contribution in [0.1, 0.15) is 12.5 Å². The minimum Gasteiger partial charge on any atom is -0.492 e. The fourth-order valence-electron chi connectivity index (χ4n) is 1.99. The Morgan fingerprint density at radius 3 is 2.94 bits per heavy atom. The molecule has 0 amide bonds. The van der Waals surface area contributed by atoms with Crippen LogP contribution in [0, 0.1) is 0 Å². The van der Waals surface area contributed by atoms with Gasteiger partial charge in [-0.3, -0.25) is 4.79 Å². The third-order valence-corrected chi connectivity index (χ3v) is 2.81. The highest BCUT2D eigenvalue weighted by Gasteiger charge is 2.24. The lowest BCUT2D eigenvalue weighted by Crippen LogP contribution is -2.33. The highest BCUT2D eigenvalue weighted by Crippen LogP contribution is 2.33. The van der Waals surface area contributed by atoms with E-state index < -0.39 is 5.50 Å². The number of H-pyrrole nitrogens is 1. The fraction of sp³-hybridized carbons (Fsp3) is 0.154. The molecule has 1 unspecified atom stereocenters. The molecule has 1 aliphatic heterocycles. The van der Waals surface area contributed by atoms with E-state index in [0.717, 1.165) is 10.9 Å². The molecule has 1 aliphatic rings. The van der Waals surface area contributed by atoms with Crippen LogP contribution in [0.25, 0.3) is 17.0 Å². The second kappa shape index (κ2) is 3.26. The van der Waals surface area contributed by atoms with Gasteiger partial charge in [0.15, 0.2) is 0 Å². The van der Waals surface area contributed by atoms with Crippen LogP contribution < -0.4 is 10.3 Å². The fourth-order valence-corrected chi connectivity index (χ4v) is 1.99. The first kappa shape index (κ1) is 10.2. The lowest BCUT2D eigenvalue weighted by atomic mass is 9.81. The number of hydrogen-bond donors (Lipinski definition) is 1. The van der Waals surface area contributed by atoms with E-state index in [4.69, 9.17) is 12.6 Å². The first-order valence-electron chi connectivity index (χ1n) is 5.39. The monoisotopic (exact) mass is 223 g/mol. The van der Waals surface area contributed by atoms with Crippen molar-refractivity contribution in [2.24, 2.45) is 0 Å². The highest BCUT2D eigenvalue weighted by atomic mass is 16.5. The summed E-state index contributed by atoms with van der Waals surface area (Å²) in [6.45, 7) is 1.75. The molecular formula is C13H10BNO2. The average Bonchev–Trinajstić information content (AvgIpc) is 2.28. The molecule has 17 heavy (non-hydrogen) atoms. The molecule has 1 N–H and O–H groups in total. The van der Waals surface area contributed by atoms with Crippen molar-refractivity contribution < 1.29 is 4.74 Å². The number of benzene rings is 1. The highest BCUT2D eigenvalue weighted by molar-refractivity contribution is 6.16. The van der Waals surface area contributed by atoms with Gasteiger partial charge in [0.05, 0.1) is 16.6 Å². The van der Waals surface area contributed by atoms with Crippen LogP contribution in [0.15, 0.2) is 35.1 Å². The van der Waals surface area contributed by atoms with Gasteiger partial charge >= 0.3 is 0 Å². The molecular weight excluding hydrogens is 213 g/mol. The van der Waals surface area contributed by atoms with E-state index in [1.807, 2.05) is 24.3 Å². The Kier molecular flexibility index (Phi) is 1.96. The third kappa shape index (κ3) is 1.57. The smallest absolute Gasteiger partial charge is 0.259 e. The Morgan fingerprint density at radius 2 is 2.12 bits per heavy atom. The van der Waals surface area contributed by atoms with Crippen molar-refractivity contribution in [3.63, 3.8) is 0 Å². The van der Waals surface area contributed by atoms with E-state index >= 15 is 0 Å². The number of ether oxygens (including phenoxy) is 1. The molecule has 1 atom stereocenters. The Balaban J connectivity index is 2.41. The predicted molar refractivity (Wildman–Crippen MR) is 68.4 cm³/mol. The molecule has 0 bridgehead atoms. The zero-order valence-corrected chi connectivity index (χ0v) is 9.36. The zero-order chi connectivity index (χ0) is 12.0. The molecule has 0 aliphatic carbocycles. The topological polar surface area (TPSA) is 42.1 Å². The number of aromatic nitrogens is 1. The number of aromatic amines is 1. The van der Waals surface area contributed by atoms with Gasteiger partial charge in [-0.25, -0.2) is 0 Å². The number of pyridine rings is 1. The van der Waals surface area contributed by atoms with E-state index in [0.29, 0.717) is 11.3 Å². The summed E-state index contributed by atoms with van der Waals surface area (Å²) in [5.74, 6) is 0.553. The third-order valence-electron chi connectivity index (χ3n) is 2.81. The predicted octanol–water partition coefficient (Wildman–Crippen LogP) is 1.82. The molecule has 0 fully saturated rings. The first-order valence-corrected chi connectivity index (χ1v) is 5.39. The number of hydrogen-bond acceptors (Lipinski definition) is 2. The quantitative estimate of drug-likeness (QED) is 0.692. The van der Waals surface area contributed by atoms with E-state index in [2.05, 4.69) is 4.98 Å². The molecule has 3 nitrogen and oxygen atoms in total. The molecule has 1 aromatic carbocycles. The number of nitrogens with one attached hydrogen (secondary N) is 1. The minimum atomic E-state index is -0.871. The summed E-state index contributed by atoms with van der Waals surface area (Å²) < 4.78 is 5.68. The molecule has 0 saturated heterocycles. The maximum Gasteiger partial charge on any atom is 0.259 e. The van der Waals surface area contributed by atoms with Crippen LogP contribution in [0.2, 0.25) is 0 Å². The van der Waals surface area contributed by atoms with E-state index in [1.54, 1.807) is 19.1 Å². The zero-order valence-electron chi connectivity index (χ0n) is 9.36. The maximum absolute atomic E-state index is 11.9. The van der Waals surface area contributed by atoms with Gasteiger partial charge in [-0.1, -0.05) is 18.2 Å². The molecule has 0 saturated carbocycles. The van der Waals surface area contributed by atoms with Crippen LogP contribution >= 0.6 is 0 Å². The Hall–Kier alpha value is -1.97. The van der Waals surface area contributed by atoms with Crippen molar-refractivity contribution in [3.05, 3.63) is 46.3 Å². The van der Waals surface area contributed by atoms with Crippen LogP contribution in [-0.4, -0.2) is 18.3 Å². The number of para-hydroxylation sites is 1. The summed E-state index contributed by atoms with van der Waals surface area (Å²) in [7, 11) is 5.91. The van der Waals surface area contributed by atoms with Crippen molar-refractivity contribution in [2.75, 3.05) is 0 Å². The Bertz CT molecular complexity index is 685. The van der Waals surface area contributed by atoms with Gasteiger partial charge in [-0.15, -0.1) is 0 Å². The summed E-state index contributed by atoms with van der Waals surface area (Å²) >= 11 is 0. The van der Waals surface area contributed by atoms with Gasteiger partial charge in [0.25, 0.3) is 5.56 Å². The van der Waals surface area contributed by atoms with Gasteiger partial charge in [0, 0.05) is 5.39 Å². The van der Waals surface area contributed by atoms with Gasteiger partial charge < -0.3 is 9.72 Å². The van der Waals surface area contributed by atoms with Crippen molar-refractivity contribution in [3.8, 4) is 5.75 Å². The molecule has 0 spiro atoms. The van der Waals surface area contributed by atoms with Crippen LogP contribution in [0.5, 0.6) is 5.75 Å². The average molecular weight is 223 g/mol. The molecule has 2 heterocycles. The number of rotatable bonds is 0. The lowest BCUT2D eigenvalue weighted by molar-refractivity contribution is 0.227. The molecule has 4 heteroatoms. The van der Waals surface area contributed by atoms with Crippen molar-refractivity contribution in [1.29, 1.82) is 0 Å². The minimum absolute atomic E-state index is 0.162. The molecule has 82 valence electrons. The van der Waals surface area contributed by atoms with Gasteiger partial charge in [-0.05, 0) is 25.1 Å². The van der Waals surface area contributed by atoms with Gasteiger partial charge in [-0.2, -0.15) is 0 Å². The van der Waals surface area contributed by atoms with E-state index in [-0.39, 0.29) is 5.56 Å². The summed E-state index contributed by atoms with van der Waals surface area (Å²) in [4.78, 5) is 14.7. The summed E-state index contributed by atoms with van der Waals surface area (Å²) in [6.07, 6.45) is 3.39. The van der Waals surface area contributed by atoms with Crippen molar-refractivity contribution in [1.82, 2.24) is 4.98 Å². The lowest BCUT2D eigenvalue weighted by Gasteiger charge is -2.28. The number of fused-ring (bicyclic) bond motifs is 3. The standard InChI is InChI=1S/C13H10BNO2/c1-13(14)7-6-9-11(17-13)8-4-2-3-5-10(8)15-12(9)16/h2-7H,1H3,(H,15,16). The van der Waals surface area contributed by atoms with Crippen LogP contribution in [-0.2, 0) is 0 Å². The van der Waals surface area contributed by atoms with Gasteiger partial charge in [0.2, 0.25) is 0 Å². The SMILES string of the molecule is [B]C1(C)C=Cc2c(c3ccccc3[nH]c2=O)O1. The van der Waals surface area contributed by atoms with Crippen molar-refractivity contribution in [2.45, 2.75) is 12.4 Å². The van der Waals surface area contributed by atoms with E-state index in [1.165, 1.54) is 0 Å². The van der Waals surface area contributed by atoms with Crippen LogP contribution in [0.3, 0.4) is 0 Å². The normalized spacial score (nSPS) is 22.2. The van der Waals surface area contributed by atoms with Crippen molar-refractivity contribution >= 4 is 24.8 Å². The molecule has 1 aromatic heterocycles. The second-order valence-electron chi connectivity index (χ2n) is 4.36. The maximum atomic E-state index is 11.9. The Morgan fingerprint density at radius 1 is 1.35 bits per heavy atom. The van der Waals surface area contributed by atoms with Crippen LogP contribution in [0.4, 0.5) is 0 Å². The largest absolute Gasteiger partial charge is 0.492 e. The van der Waals surface area contributed by atoms with Gasteiger partial charge in [0.1, 0.15) is 13.6 Å². The Labute approximate surface area is 99.5 Å².